The van der Waals surface area contributed by atoms with Crippen LogP contribution in [0.3, 0.4) is 0 Å². The Morgan fingerprint density at radius 2 is 2.24 bits per heavy atom. The first kappa shape index (κ1) is 14.5. The van der Waals surface area contributed by atoms with Crippen LogP contribution in [-0.4, -0.2) is 31.1 Å². The molecule has 17 heavy (non-hydrogen) atoms. The second-order valence-electron chi connectivity index (χ2n) is 4.81. The van der Waals surface area contributed by atoms with E-state index in [1.807, 2.05) is 7.05 Å². The topological polar surface area (TPSA) is 15.3 Å². The molecular formula is C14H23ClN2. The minimum atomic E-state index is 0. The molecule has 2 rings (SSSR count). The highest BCUT2D eigenvalue weighted by atomic mass is 35.5. The summed E-state index contributed by atoms with van der Waals surface area (Å²) < 4.78 is 0. The van der Waals surface area contributed by atoms with Crippen LogP contribution in [0.1, 0.15) is 24.0 Å². The van der Waals surface area contributed by atoms with Crippen LogP contribution in [0.25, 0.3) is 0 Å². The molecule has 0 aliphatic carbocycles. The molecule has 0 bridgehead atoms. The van der Waals surface area contributed by atoms with E-state index in [2.05, 4.69) is 41.4 Å². The highest BCUT2D eigenvalue weighted by Crippen LogP contribution is 2.19. The zero-order valence-corrected chi connectivity index (χ0v) is 11.6. The number of nitrogens with one attached hydrogen (secondary N) is 1. The largest absolute Gasteiger partial charge is 0.318 e. The van der Waals surface area contributed by atoms with Gasteiger partial charge in [-0.25, -0.2) is 0 Å². The first-order chi connectivity index (χ1) is 7.79. The molecule has 0 radical (unpaired) electrons. The van der Waals surface area contributed by atoms with Gasteiger partial charge < -0.3 is 5.32 Å². The van der Waals surface area contributed by atoms with Crippen molar-refractivity contribution < 1.29 is 0 Å². The van der Waals surface area contributed by atoms with E-state index in [1.165, 1.54) is 30.5 Å². The maximum Gasteiger partial charge on any atom is 0.0237 e. The Morgan fingerprint density at radius 1 is 1.41 bits per heavy atom. The second kappa shape index (κ2) is 7.00. The fourth-order valence-corrected chi connectivity index (χ4v) is 2.62. The molecule has 0 amide bonds. The molecule has 1 aliphatic heterocycles. The number of hydrogen-bond donors (Lipinski definition) is 1. The van der Waals surface area contributed by atoms with Gasteiger partial charge in [-0.3, -0.25) is 4.90 Å². The normalized spacial score (nSPS) is 20.2. The summed E-state index contributed by atoms with van der Waals surface area (Å²) in [4.78, 5) is 2.60. The number of hydrogen-bond acceptors (Lipinski definition) is 2. The van der Waals surface area contributed by atoms with Gasteiger partial charge in [-0.1, -0.05) is 29.8 Å². The van der Waals surface area contributed by atoms with Crippen LogP contribution in [0.15, 0.2) is 24.3 Å². The van der Waals surface area contributed by atoms with Crippen molar-refractivity contribution in [2.45, 2.75) is 32.4 Å². The molecule has 1 atom stereocenters. The minimum absolute atomic E-state index is 0. The van der Waals surface area contributed by atoms with E-state index >= 15 is 0 Å². The molecule has 0 spiro atoms. The summed E-state index contributed by atoms with van der Waals surface area (Å²) in [6.07, 6.45) is 2.69. The van der Waals surface area contributed by atoms with Gasteiger partial charge in [-0.05, 0) is 38.9 Å². The molecule has 0 aromatic heterocycles. The van der Waals surface area contributed by atoms with Gasteiger partial charge >= 0.3 is 0 Å². The summed E-state index contributed by atoms with van der Waals surface area (Å²) in [7, 11) is 2.04. The predicted octanol–water partition coefficient (Wildman–Crippen LogP) is 2.60. The molecule has 1 fully saturated rings. The zero-order valence-electron chi connectivity index (χ0n) is 10.8. The SMILES string of the molecule is CNCC1CCCN1Cc1cccc(C)c1.Cl. The van der Waals surface area contributed by atoms with Crippen molar-refractivity contribution in [3.05, 3.63) is 35.4 Å². The highest BCUT2D eigenvalue weighted by Gasteiger charge is 2.23. The van der Waals surface area contributed by atoms with Gasteiger partial charge in [-0.2, -0.15) is 0 Å². The number of likely N-dealkylation sites (tertiary alicyclic amines) is 1. The number of benzene rings is 1. The Kier molecular flexibility index (Phi) is 5.96. The van der Waals surface area contributed by atoms with Crippen LogP contribution in [0.2, 0.25) is 0 Å². The van der Waals surface area contributed by atoms with Crippen LogP contribution in [0, 0.1) is 6.92 Å². The first-order valence-corrected chi connectivity index (χ1v) is 6.24. The van der Waals surface area contributed by atoms with E-state index in [-0.39, 0.29) is 12.4 Å². The molecule has 2 nitrogen and oxygen atoms in total. The third kappa shape index (κ3) is 3.98. The van der Waals surface area contributed by atoms with E-state index in [0.29, 0.717) is 0 Å². The summed E-state index contributed by atoms with van der Waals surface area (Å²) in [5, 5.41) is 3.30. The molecule has 1 aromatic carbocycles. The summed E-state index contributed by atoms with van der Waals surface area (Å²) in [6.45, 7) is 5.64. The molecule has 1 heterocycles. The van der Waals surface area contributed by atoms with Gasteiger partial charge in [0.2, 0.25) is 0 Å². The van der Waals surface area contributed by atoms with Gasteiger partial charge in [0.25, 0.3) is 0 Å². The van der Waals surface area contributed by atoms with Crippen LogP contribution in [0.4, 0.5) is 0 Å². The smallest absolute Gasteiger partial charge is 0.0237 e. The lowest BCUT2D eigenvalue weighted by molar-refractivity contribution is 0.242. The summed E-state index contributed by atoms with van der Waals surface area (Å²) in [6, 6.07) is 9.59. The predicted molar refractivity (Wildman–Crippen MR) is 75.8 cm³/mol. The Labute approximate surface area is 111 Å². The van der Waals surface area contributed by atoms with Crippen molar-refractivity contribution in [2.75, 3.05) is 20.1 Å². The van der Waals surface area contributed by atoms with Gasteiger partial charge in [0.1, 0.15) is 0 Å². The van der Waals surface area contributed by atoms with Crippen molar-refractivity contribution >= 4 is 12.4 Å². The van der Waals surface area contributed by atoms with Crippen molar-refractivity contribution in [1.29, 1.82) is 0 Å². The fourth-order valence-electron chi connectivity index (χ4n) is 2.62. The number of likely N-dealkylation sites (N-methyl/N-ethyl adjacent to an activating group) is 1. The van der Waals surface area contributed by atoms with E-state index in [9.17, 15) is 0 Å². The Balaban J connectivity index is 0.00000144. The molecule has 96 valence electrons. The van der Waals surface area contributed by atoms with Crippen molar-refractivity contribution in [3.63, 3.8) is 0 Å². The molecule has 1 saturated heterocycles. The van der Waals surface area contributed by atoms with Crippen LogP contribution >= 0.6 is 12.4 Å². The molecule has 1 unspecified atom stereocenters. The van der Waals surface area contributed by atoms with E-state index in [1.54, 1.807) is 0 Å². The quantitative estimate of drug-likeness (QED) is 0.889. The number of nitrogens with zero attached hydrogens (tertiary/aromatic N) is 1. The second-order valence-corrected chi connectivity index (χ2v) is 4.81. The number of halogens is 1. The lowest BCUT2D eigenvalue weighted by Crippen LogP contribution is -2.36. The Bertz CT molecular complexity index is 341. The lowest BCUT2D eigenvalue weighted by atomic mass is 10.1. The summed E-state index contributed by atoms with van der Waals surface area (Å²) in [5.74, 6) is 0. The summed E-state index contributed by atoms with van der Waals surface area (Å²) >= 11 is 0. The van der Waals surface area contributed by atoms with E-state index in [0.717, 1.165) is 19.1 Å². The third-order valence-electron chi connectivity index (χ3n) is 3.41. The van der Waals surface area contributed by atoms with Gasteiger partial charge in [0, 0.05) is 19.1 Å². The monoisotopic (exact) mass is 254 g/mol. The average Bonchev–Trinajstić information content (AvgIpc) is 2.66. The van der Waals surface area contributed by atoms with Gasteiger partial charge in [0.15, 0.2) is 0 Å². The zero-order chi connectivity index (χ0) is 11.4. The standard InChI is InChI=1S/C14H22N2.ClH/c1-12-5-3-6-13(9-12)11-16-8-4-7-14(16)10-15-2;/h3,5-6,9,14-15H,4,7-8,10-11H2,1-2H3;1H. The fraction of sp³-hybridized carbons (Fsp3) is 0.571. The van der Waals surface area contributed by atoms with Crippen molar-refractivity contribution in [3.8, 4) is 0 Å². The minimum Gasteiger partial charge on any atom is -0.318 e. The number of aryl methyl sites for hydroxylation is 1. The lowest BCUT2D eigenvalue weighted by Gasteiger charge is -2.24. The Morgan fingerprint density at radius 3 is 2.94 bits per heavy atom. The van der Waals surface area contributed by atoms with Crippen LogP contribution in [-0.2, 0) is 6.54 Å². The number of rotatable bonds is 4. The van der Waals surface area contributed by atoms with Crippen molar-refractivity contribution in [2.24, 2.45) is 0 Å². The first-order valence-electron chi connectivity index (χ1n) is 6.24. The molecule has 1 N–H and O–H groups in total. The van der Waals surface area contributed by atoms with Crippen molar-refractivity contribution in [1.82, 2.24) is 10.2 Å². The van der Waals surface area contributed by atoms with Gasteiger partial charge in [-0.15, -0.1) is 12.4 Å². The van der Waals surface area contributed by atoms with Crippen LogP contribution in [0.5, 0.6) is 0 Å². The summed E-state index contributed by atoms with van der Waals surface area (Å²) in [5.41, 5.74) is 2.81. The Hall–Kier alpha value is -0.570. The van der Waals surface area contributed by atoms with Crippen LogP contribution < -0.4 is 5.32 Å². The molecule has 3 heteroatoms. The molecule has 1 aromatic rings. The van der Waals surface area contributed by atoms with E-state index < -0.39 is 0 Å². The van der Waals surface area contributed by atoms with Gasteiger partial charge in [0.05, 0.1) is 0 Å². The maximum atomic E-state index is 3.30. The maximum absolute atomic E-state index is 3.30. The molecule has 0 saturated carbocycles. The third-order valence-corrected chi connectivity index (χ3v) is 3.41. The highest BCUT2D eigenvalue weighted by molar-refractivity contribution is 5.85. The molecule has 1 aliphatic rings. The average molecular weight is 255 g/mol. The molecular weight excluding hydrogens is 232 g/mol. The van der Waals surface area contributed by atoms with E-state index in [4.69, 9.17) is 0 Å².